The van der Waals surface area contributed by atoms with Crippen LogP contribution in [0.15, 0.2) is 30.3 Å². The summed E-state index contributed by atoms with van der Waals surface area (Å²) in [5.41, 5.74) is 13.9. The number of hydrazine groups is 1. The van der Waals surface area contributed by atoms with Crippen molar-refractivity contribution in [2.24, 2.45) is 5.73 Å². The van der Waals surface area contributed by atoms with E-state index in [2.05, 4.69) is 42.0 Å². The summed E-state index contributed by atoms with van der Waals surface area (Å²) in [6, 6.07) is 11.5. The standard InChI is InChI=1S/C12H19N3/c1-9-7-12(15-14-9)11(13)8-10-5-3-2-4-6-10/h2-6,9,11-12,14-15H,7-8,13H2,1H3. The summed E-state index contributed by atoms with van der Waals surface area (Å²) in [6.45, 7) is 2.17. The molecule has 1 aromatic rings. The van der Waals surface area contributed by atoms with Crippen molar-refractivity contribution in [3.63, 3.8) is 0 Å². The zero-order valence-corrected chi connectivity index (χ0v) is 9.11. The Morgan fingerprint density at radius 3 is 2.67 bits per heavy atom. The Balaban J connectivity index is 1.90. The first-order valence-corrected chi connectivity index (χ1v) is 5.56. The zero-order valence-electron chi connectivity index (χ0n) is 9.11. The molecule has 1 aliphatic rings. The van der Waals surface area contributed by atoms with Crippen molar-refractivity contribution in [1.82, 2.24) is 10.9 Å². The molecule has 0 amide bonds. The first-order chi connectivity index (χ1) is 7.25. The largest absolute Gasteiger partial charge is 0.326 e. The second-order valence-electron chi connectivity index (χ2n) is 4.39. The maximum atomic E-state index is 6.17. The number of nitrogens with two attached hydrogens (primary N) is 1. The Hall–Kier alpha value is -0.900. The lowest BCUT2D eigenvalue weighted by atomic mass is 9.97. The Labute approximate surface area is 91.0 Å². The molecule has 2 rings (SSSR count). The molecule has 3 heteroatoms. The van der Waals surface area contributed by atoms with Crippen molar-refractivity contribution in [1.29, 1.82) is 0 Å². The molecule has 82 valence electrons. The summed E-state index contributed by atoms with van der Waals surface area (Å²) in [5.74, 6) is 0. The first-order valence-electron chi connectivity index (χ1n) is 5.56. The average molecular weight is 205 g/mol. The smallest absolute Gasteiger partial charge is 0.0382 e. The predicted molar refractivity (Wildman–Crippen MR) is 62.3 cm³/mol. The Morgan fingerprint density at radius 2 is 2.07 bits per heavy atom. The fraction of sp³-hybridized carbons (Fsp3) is 0.500. The number of benzene rings is 1. The van der Waals surface area contributed by atoms with Crippen LogP contribution < -0.4 is 16.6 Å². The van der Waals surface area contributed by atoms with E-state index in [0.29, 0.717) is 12.1 Å². The third kappa shape index (κ3) is 2.78. The monoisotopic (exact) mass is 205 g/mol. The quantitative estimate of drug-likeness (QED) is 0.684. The lowest BCUT2D eigenvalue weighted by Gasteiger charge is -2.18. The molecule has 0 aromatic heterocycles. The Morgan fingerprint density at radius 1 is 1.33 bits per heavy atom. The van der Waals surface area contributed by atoms with Crippen LogP contribution in [0.5, 0.6) is 0 Å². The fourth-order valence-corrected chi connectivity index (χ4v) is 2.06. The Bertz CT molecular complexity index is 299. The van der Waals surface area contributed by atoms with Gasteiger partial charge in [0.25, 0.3) is 0 Å². The molecule has 0 saturated carbocycles. The van der Waals surface area contributed by atoms with Crippen molar-refractivity contribution in [2.45, 2.75) is 37.9 Å². The van der Waals surface area contributed by atoms with Crippen LogP contribution in [0.1, 0.15) is 18.9 Å². The molecular formula is C12H19N3. The molecule has 0 bridgehead atoms. The topological polar surface area (TPSA) is 50.1 Å². The predicted octanol–water partition coefficient (Wildman–Crippen LogP) is 0.811. The summed E-state index contributed by atoms with van der Waals surface area (Å²) < 4.78 is 0. The van der Waals surface area contributed by atoms with Gasteiger partial charge in [-0.2, -0.15) is 0 Å². The molecule has 0 spiro atoms. The Kier molecular flexibility index (Phi) is 3.36. The zero-order chi connectivity index (χ0) is 10.7. The van der Waals surface area contributed by atoms with E-state index < -0.39 is 0 Å². The van der Waals surface area contributed by atoms with Crippen molar-refractivity contribution in [3.8, 4) is 0 Å². The van der Waals surface area contributed by atoms with E-state index in [1.807, 2.05) is 6.07 Å². The van der Waals surface area contributed by atoms with Gasteiger partial charge in [-0.25, -0.2) is 0 Å². The van der Waals surface area contributed by atoms with Gasteiger partial charge < -0.3 is 5.73 Å². The second-order valence-corrected chi connectivity index (χ2v) is 4.39. The van der Waals surface area contributed by atoms with E-state index in [4.69, 9.17) is 5.73 Å². The molecule has 3 atom stereocenters. The lowest BCUT2D eigenvalue weighted by molar-refractivity contribution is 0.458. The highest BCUT2D eigenvalue weighted by molar-refractivity contribution is 5.16. The fourth-order valence-electron chi connectivity index (χ4n) is 2.06. The van der Waals surface area contributed by atoms with E-state index in [1.165, 1.54) is 5.56 Å². The van der Waals surface area contributed by atoms with Gasteiger partial charge in [-0.05, 0) is 25.3 Å². The first kappa shape index (κ1) is 10.6. The minimum absolute atomic E-state index is 0.185. The van der Waals surface area contributed by atoms with Crippen LogP contribution in [-0.4, -0.2) is 18.1 Å². The number of nitrogens with one attached hydrogen (secondary N) is 2. The van der Waals surface area contributed by atoms with Crippen LogP contribution in [0, 0.1) is 0 Å². The highest BCUT2D eigenvalue weighted by Gasteiger charge is 2.25. The summed E-state index contributed by atoms with van der Waals surface area (Å²) >= 11 is 0. The van der Waals surface area contributed by atoms with Gasteiger partial charge in [-0.15, -0.1) is 0 Å². The van der Waals surface area contributed by atoms with Crippen LogP contribution in [0.2, 0.25) is 0 Å². The minimum Gasteiger partial charge on any atom is -0.326 e. The second kappa shape index (κ2) is 4.75. The highest BCUT2D eigenvalue weighted by Crippen LogP contribution is 2.11. The average Bonchev–Trinajstić information content (AvgIpc) is 2.66. The summed E-state index contributed by atoms with van der Waals surface area (Å²) in [6.07, 6.45) is 2.04. The molecule has 3 unspecified atom stereocenters. The molecule has 1 heterocycles. The van der Waals surface area contributed by atoms with Gasteiger partial charge in [0.15, 0.2) is 0 Å². The molecule has 1 fully saturated rings. The van der Waals surface area contributed by atoms with Crippen LogP contribution in [-0.2, 0) is 6.42 Å². The third-order valence-electron chi connectivity index (χ3n) is 2.95. The molecule has 0 aliphatic carbocycles. The van der Waals surface area contributed by atoms with Crippen molar-refractivity contribution < 1.29 is 0 Å². The van der Waals surface area contributed by atoms with Crippen molar-refractivity contribution >= 4 is 0 Å². The summed E-state index contributed by atoms with van der Waals surface area (Å²) in [7, 11) is 0. The van der Waals surface area contributed by atoms with Crippen LogP contribution >= 0.6 is 0 Å². The molecule has 15 heavy (non-hydrogen) atoms. The van der Waals surface area contributed by atoms with E-state index in [-0.39, 0.29) is 6.04 Å². The van der Waals surface area contributed by atoms with Crippen molar-refractivity contribution in [2.75, 3.05) is 0 Å². The van der Waals surface area contributed by atoms with Crippen molar-refractivity contribution in [3.05, 3.63) is 35.9 Å². The maximum absolute atomic E-state index is 6.17. The van der Waals surface area contributed by atoms with Gasteiger partial charge in [-0.3, -0.25) is 10.9 Å². The van der Waals surface area contributed by atoms with Crippen LogP contribution in [0.4, 0.5) is 0 Å². The van der Waals surface area contributed by atoms with Gasteiger partial charge in [0, 0.05) is 18.1 Å². The minimum atomic E-state index is 0.185. The van der Waals surface area contributed by atoms with Gasteiger partial charge in [0.2, 0.25) is 0 Å². The normalized spacial score (nSPS) is 27.9. The van der Waals surface area contributed by atoms with Crippen LogP contribution in [0.3, 0.4) is 0 Å². The van der Waals surface area contributed by atoms with Crippen LogP contribution in [0.25, 0.3) is 0 Å². The third-order valence-corrected chi connectivity index (χ3v) is 2.95. The van der Waals surface area contributed by atoms with Gasteiger partial charge in [0.05, 0.1) is 0 Å². The van der Waals surface area contributed by atoms with Gasteiger partial charge >= 0.3 is 0 Å². The van der Waals surface area contributed by atoms with Gasteiger partial charge in [0.1, 0.15) is 0 Å². The summed E-state index contributed by atoms with van der Waals surface area (Å²) in [4.78, 5) is 0. The summed E-state index contributed by atoms with van der Waals surface area (Å²) in [5, 5.41) is 0. The molecule has 0 radical (unpaired) electrons. The molecule has 1 saturated heterocycles. The number of hydrogen-bond acceptors (Lipinski definition) is 3. The maximum Gasteiger partial charge on any atom is 0.0382 e. The highest BCUT2D eigenvalue weighted by atomic mass is 15.4. The number of rotatable bonds is 3. The molecular weight excluding hydrogens is 186 g/mol. The molecule has 1 aromatic carbocycles. The SMILES string of the molecule is CC1CC(C(N)Cc2ccccc2)NN1. The number of hydrogen-bond donors (Lipinski definition) is 3. The van der Waals surface area contributed by atoms with E-state index in [0.717, 1.165) is 12.8 Å². The molecule has 4 N–H and O–H groups in total. The lowest BCUT2D eigenvalue weighted by Crippen LogP contribution is -2.45. The van der Waals surface area contributed by atoms with Gasteiger partial charge in [-0.1, -0.05) is 30.3 Å². The molecule has 1 aliphatic heterocycles. The van der Waals surface area contributed by atoms with E-state index in [1.54, 1.807) is 0 Å². The van der Waals surface area contributed by atoms with E-state index in [9.17, 15) is 0 Å². The molecule has 3 nitrogen and oxygen atoms in total. The van der Waals surface area contributed by atoms with E-state index >= 15 is 0 Å².